The second kappa shape index (κ2) is 8.90. The summed E-state index contributed by atoms with van der Waals surface area (Å²) in [6.45, 7) is 3.39. The van der Waals surface area contributed by atoms with Gasteiger partial charge in [-0.1, -0.05) is 48.3 Å². The van der Waals surface area contributed by atoms with Crippen LogP contribution in [0.25, 0.3) is 11.0 Å². The molecule has 2 N–H and O–H groups in total. The predicted octanol–water partition coefficient (Wildman–Crippen LogP) is 6.61. The van der Waals surface area contributed by atoms with Crippen molar-refractivity contribution in [2.75, 3.05) is 11.9 Å². The number of benzene rings is 2. The number of imidazole rings is 1. The van der Waals surface area contributed by atoms with Gasteiger partial charge in [-0.05, 0) is 67.5 Å². The van der Waals surface area contributed by atoms with Crippen LogP contribution in [-0.2, 0) is 23.5 Å². The first-order valence-corrected chi connectivity index (χ1v) is 15.2. The highest BCUT2D eigenvalue weighted by molar-refractivity contribution is 6.31. The molecular weight excluding hydrogens is 562 g/mol. The highest BCUT2D eigenvalue weighted by atomic mass is 35.5. The fourth-order valence-electron chi connectivity index (χ4n) is 8.52. The number of aromatic nitrogens is 2. The average Bonchev–Trinajstić information content (AvgIpc) is 3.54. The Morgan fingerprint density at radius 3 is 2.78 bits per heavy atom. The maximum Gasteiger partial charge on any atom is 0.249 e. The number of hydrogen-bond acceptors (Lipinski definition) is 4. The monoisotopic (exact) mass is 592 g/mol. The highest BCUT2D eigenvalue weighted by Gasteiger charge is 2.72. The molecule has 1 spiro atoms. The van der Waals surface area contributed by atoms with Crippen LogP contribution in [0.4, 0.5) is 10.1 Å². The number of likely N-dealkylation sites (tertiary alicyclic amines) is 1. The normalized spacial score (nSPS) is 32.5. The van der Waals surface area contributed by atoms with E-state index in [2.05, 4.69) is 14.8 Å². The van der Waals surface area contributed by atoms with E-state index in [4.69, 9.17) is 28.2 Å². The summed E-state index contributed by atoms with van der Waals surface area (Å²) in [6, 6.07) is 11.5. The minimum atomic E-state index is -1.12. The van der Waals surface area contributed by atoms with Crippen molar-refractivity contribution in [2.45, 2.75) is 63.3 Å². The lowest BCUT2D eigenvalue weighted by Gasteiger charge is -2.47. The molecule has 1 unspecified atom stereocenters. The molecule has 5 aliphatic rings. The van der Waals surface area contributed by atoms with E-state index in [-0.39, 0.29) is 35.3 Å². The van der Waals surface area contributed by atoms with Gasteiger partial charge in [-0.25, -0.2) is 9.37 Å². The number of nitrogens with zero attached hydrogens (tertiary/aromatic N) is 3. The van der Waals surface area contributed by atoms with E-state index in [1.54, 1.807) is 6.08 Å². The summed E-state index contributed by atoms with van der Waals surface area (Å²) in [7, 11) is 0. The molecule has 4 heterocycles. The van der Waals surface area contributed by atoms with E-state index in [0.29, 0.717) is 23.0 Å². The van der Waals surface area contributed by atoms with E-state index < -0.39 is 16.9 Å². The number of amides is 1. The van der Waals surface area contributed by atoms with Crippen LogP contribution in [0.15, 0.2) is 59.4 Å². The van der Waals surface area contributed by atoms with Crippen molar-refractivity contribution >= 4 is 45.8 Å². The van der Waals surface area contributed by atoms with Gasteiger partial charge in [0.25, 0.3) is 0 Å². The number of carbonyl (C=O) groups excluding carboxylic acids is 1. The predicted molar refractivity (Wildman–Crippen MR) is 157 cm³/mol. The number of aryl methyl sites for hydroxylation is 1. The number of anilines is 1. The van der Waals surface area contributed by atoms with Gasteiger partial charge in [0.2, 0.25) is 5.91 Å². The Hall–Kier alpha value is -2.71. The number of aliphatic hydroxyl groups excluding tert-OH is 1. The topological polar surface area (TPSA) is 70.4 Å². The number of nitrogens with one attached hydrogen (secondary N) is 1. The zero-order valence-corrected chi connectivity index (χ0v) is 24.2. The summed E-state index contributed by atoms with van der Waals surface area (Å²) < 4.78 is 18.8. The number of fused-ring (bicyclic) bond motifs is 7. The molecule has 2 fully saturated rings. The largest absolute Gasteiger partial charge is 0.392 e. The number of hydrogen-bond donors (Lipinski definition) is 2. The molecule has 1 saturated carbocycles. The molecule has 1 saturated heterocycles. The van der Waals surface area contributed by atoms with Crippen LogP contribution in [0.1, 0.15) is 55.5 Å². The van der Waals surface area contributed by atoms with Crippen LogP contribution < -0.4 is 5.32 Å². The first-order chi connectivity index (χ1) is 19.8. The van der Waals surface area contributed by atoms with Crippen molar-refractivity contribution in [3.8, 4) is 0 Å². The average molecular weight is 594 g/mol. The van der Waals surface area contributed by atoms with Crippen LogP contribution >= 0.6 is 23.2 Å². The fourth-order valence-corrected chi connectivity index (χ4v) is 9.00. The molecule has 1 amide bonds. The first-order valence-electron chi connectivity index (χ1n) is 14.5. The second-order valence-electron chi connectivity index (χ2n) is 12.7. The van der Waals surface area contributed by atoms with Crippen LogP contribution in [-0.4, -0.2) is 38.1 Å². The lowest BCUT2D eigenvalue weighted by atomic mass is 9.58. The molecule has 3 aliphatic heterocycles. The third kappa shape index (κ3) is 3.43. The Labute approximate surface area is 247 Å². The number of carbonyl (C=O) groups is 1. The van der Waals surface area contributed by atoms with Gasteiger partial charge in [0.05, 0.1) is 22.7 Å². The fraction of sp³-hybridized carbons (Fsp3) is 0.438. The third-order valence-corrected chi connectivity index (χ3v) is 10.9. The molecule has 2 aliphatic carbocycles. The maximum atomic E-state index is 16.6. The molecule has 212 valence electrons. The first kappa shape index (κ1) is 26.0. The number of rotatable bonds is 4. The van der Waals surface area contributed by atoms with E-state index in [1.165, 1.54) is 0 Å². The van der Waals surface area contributed by atoms with Gasteiger partial charge >= 0.3 is 0 Å². The lowest BCUT2D eigenvalue weighted by molar-refractivity contribution is -0.132. The SMILES string of the molecule is CC1([C@H]2[C@@H]3c4nc5cc(CO)ccc5n4CC[C@@H]3N(CC3CC3)[C@@]23C(=O)Nc2cc(Cl)ccc23)CC=CC(Cl)=C1F. The number of aliphatic hydroxyl groups is 1. The highest BCUT2D eigenvalue weighted by Crippen LogP contribution is 2.68. The Balaban J connectivity index is 1.43. The standard InChI is InChI=1S/C32H31Cl2FN4O2/c1-31(11-2-3-21(34)28(31)35)27-26-25(10-12-38-24-9-6-18(16-40)13-23(24)36-29(26)38)39(15-17-4-5-17)32(27)20-8-7-19(33)14-22(20)37-30(32)41/h2-3,6-9,13-14,17,25-27,40H,4-5,10-12,15-16H2,1H3,(H,37,41)/t25-,26+,27+,31?,32+/m0/s1. The van der Waals surface area contributed by atoms with Crippen molar-refractivity contribution in [1.82, 2.24) is 14.5 Å². The third-order valence-electron chi connectivity index (χ3n) is 10.4. The van der Waals surface area contributed by atoms with Gasteiger partial charge in [0.1, 0.15) is 17.2 Å². The van der Waals surface area contributed by atoms with Gasteiger partial charge in [0.15, 0.2) is 0 Å². The molecule has 41 heavy (non-hydrogen) atoms. The molecule has 3 aromatic rings. The van der Waals surface area contributed by atoms with Crippen LogP contribution in [0, 0.1) is 17.3 Å². The molecule has 9 heteroatoms. The lowest BCUT2D eigenvalue weighted by Crippen LogP contribution is -2.56. The van der Waals surface area contributed by atoms with Crippen LogP contribution in [0.5, 0.6) is 0 Å². The van der Waals surface area contributed by atoms with Gasteiger partial charge < -0.3 is 15.0 Å². The molecule has 6 nitrogen and oxygen atoms in total. The molecular formula is C32H31Cl2FN4O2. The van der Waals surface area contributed by atoms with Gasteiger partial charge in [-0.3, -0.25) is 9.69 Å². The van der Waals surface area contributed by atoms with E-state index in [9.17, 15) is 9.90 Å². The Morgan fingerprint density at radius 1 is 1.17 bits per heavy atom. The minimum Gasteiger partial charge on any atom is -0.392 e. The summed E-state index contributed by atoms with van der Waals surface area (Å²) in [5.41, 5.74) is 1.99. The zero-order valence-electron chi connectivity index (χ0n) is 22.7. The number of halogens is 3. The Morgan fingerprint density at radius 2 is 2.00 bits per heavy atom. The van der Waals surface area contributed by atoms with E-state index >= 15 is 4.39 Å². The quantitative estimate of drug-likeness (QED) is 0.357. The van der Waals surface area contributed by atoms with E-state index in [0.717, 1.165) is 60.3 Å². The molecule has 0 radical (unpaired) electrons. The van der Waals surface area contributed by atoms with E-state index in [1.807, 2.05) is 49.4 Å². The van der Waals surface area contributed by atoms with Crippen LogP contribution in [0.3, 0.4) is 0 Å². The maximum absolute atomic E-state index is 16.6. The second-order valence-corrected chi connectivity index (χ2v) is 13.5. The number of allylic oxidation sites excluding steroid dienone is 4. The smallest absolute Gasteiger partial charge is 0.249 e. The van der Waals surface area contributed by atoms with Gasteiger partial charge in [0, 0.05) is 52.7 Å². The zero-order chi connectivity index (χ0) is 28.3. The van der Waals surface area contributed by atoms with Crippen molar-refractivity contribution in [3.05, 3.63) is 81.4 Å². The minimum absolute atomic E-state index is 0.0103. The summed E-state index contributed by atoms with van der Waals surface area (Å²) in [6.07, 6.45) is 7.07. The van der Waals surface area contributed by atoms with Crippen molar-refractivity contribution in [3.63, 3.8) is 0 Å². The van der Waals surface area contributed by atoms with Crippen molar-refractivity contribution in [2.24, 2.45) is 17.3 Å². The van der Waals surface area contributed by atoms with Crippen LogP contribution in [0.2, 0.25) is 5.02 Å². The van der Waals surface area contributed by atoms with Crippen molar-refractivity contribution in [1.29, 1.82) is 0 Å². The molecule has 0 bridgehead atoms. The summed E-state index contributed by atoms with van der Waals surface area (Å²) >= 11 is 12.9. The van der Waals surface area contributed by atoms with Crippen molar-refractivity contribution < 1.29 is 14.3 Å². The summed E-state index contributed by atoms with van der Waals surface area (Å²) in [5.74, 6) is 0.165. The van der Waals surface area contributed by atoms with Gasteiger partial charge in [-0.15, -0.1) is 0 Å². The Bertz CT molecular complexity index is 1700. The summed E-state index contributed by atoms with van der Waals surface area (Å²) in [4.78, 5) is 22.2. The summed E-state index contributed by atoms with van der Waals surface area (Å²) in [5, 5.41) is 13.6. The molecule has 1 aromatic heterocycles. The Kier molecular flexibility index (Phi) is 5.63. The van der Waals surface area contributed by atoms with Gasteiger partial charge in [-0.2, -0.15) is 0 Å². The molecule has 5 atom stereocenters. The molecule has 8 rings (SSSR count). The molecule has 2 aromatic carbocycles.